The maximum absolute atomic E-state index is 13.5. The fourth-order valence-corrected chi connectivity index (χ4v) is 4.97. The highest BCUT2D eigenvalue weighted by Crippen LogP contribution is 2.35. The van der Waals surface area contributed by atoms with Crippen molar-refractivity contribution in [2.24, 2.45) is 5.14 Å². The van der Waals surface area contributed by atoms with Crippen LogP contribution in [0.15, 0.2) is 47.4 Å². The minimum Gasteiger partial charge on any atom is -0.381 e. The third-order valence-corrected chi connectivity index (χ3v) is 7.30. The van der Waals surface area contributed by atoms with Gasteiger partial charge in [-0.3, -0.25) is 4.79 Å². The minimum atomic E-state index is -3.98. The number of anilines is 1. The lowest BCUT2D eigenvalue weighted by molar-refractivity contribution is 0.0487. The number of nitrogens with two attached hydrogens (primary N) is 1. The molecule has 3 N–H and O–H groups in total. The zero-order valence-corrected chi connectivity index (χ0v) is 19.1. The molecule has 2 saturated heterocycles. The van der Waals surface area contributed by atoms with Crippen LogP contribution in [0.1, 0.15) is 28.8 Å². The Bertz CT molecular complexity index is 1100. The van der Waals surface area contributed by atoms with Crippen molar-refractivity contribution >= 4 is 21.6 Å². The zero-order chi connectivity index (χ0) is 23.5. The largest absolute Gasteiger partial charge is 0.381 e. The lowest BCUT2D eigenvalue weighted by atomic mass is 9.74. The van der Waals surface area contributed by atoms with E-state index in [2.05, 4.69) is 5.32 Å². The van der Waals surface area contributed by atoms with E-state index >= 15 is 0 Å². The summed E-state index contributed by atoms with van der Waals surface area (Å²) in [4.78, 5) is 15.2. The maximum atomic E-state index is 13.5. The molecule has 8 nitrogen and oxygen atoms in total. The van der Waals surface area contributed by atoms with Gasteiger partial charge < -0.3 is 19.7 Å². The first-order valence-electron chi connectivity index (χ1n) is 10.9. The van der Waals surface area contributed by atoms with Crippen LogP contribution in [0.3, 0.4) is 0 Å². The smallest absolute Gasteiger partial charge is 0.253 e. The molecule has 0 aliphatic carbocycles. The molecule has 1 amide bonds. The number of ether oxygens (including phenoxy) is 2. The predicted molar refractivity (Wildman–Crippen MR) is 121 cm³/mol. The summed E-state index contributed by atoms with van der Waals surface area (Å²) >= 11 is 0. The number of nitrogens with one attached hydrogen (secondary N) is 1. The first-order valence-corrected chi connectivity index (χ1v) is 12.4. The average molecular weight is 478 g/mol. The number of carbonyl (C=O) groups is 1. The molecule has 0 unspecified atom stereocenters. The summed E-state index contributed by atoms with van der Waals surface area (Å²) in [6.07, 6.45) is 1.35. The lowest BCUT2D eigenvalue weighted by Gasteiger charge is -2.38. The van der Waals surface area contributed by atoms with Crippen LogP contribution in [0, 0.1) is 5.82 Å². The second-order valence-electron chi connectivity index (χ2n) is 8.41. The molecular weight excluding hydrogens is 449 g/mol. The predicted octanol–water partition coefficient (Wildman–Crippen LogP) is 1.79. The van der Waals surface area contributed by atoms with E-state index in [1.165, 1.54) is 24.3 Å². The van der Waals surface area contributed by atoms with E-state index in [4.69, 9.17) is 14.6 Å². The molecule has 2 aliphatic heterocycles. The third kappa shape index (κ3) is 5.35. The summed E-state index contributed by atoms with van der Waals surface area (Å²) in [6.45, 7) is 3.60. The summed E-state index contributed by atoms with van der Waals surface area (Å²) in [5.41, 5.74) is 1.40. The van der Waals surface area contributed by atoms with Crippen molar-refractivity contribution in [3.05, 3.63) is 59.4 Å². The molecule has 178 valence electrons. The number of rotatable bonds is 6. The number of nitrogens with zero attached hydrogens (tertiary/aromatic N) is 1. The van der Waals surface area contributed by atoms with Gasteiger partial charge in [-0.1, -0.05) is 12.1 Å². The van der Waals surface area contributed by atoms with Crippen LogP contribution in [-0.4, -0.2) is 60.4 Å². The number of hydrogen-bond donors (Lipinski definition) is 2. The van der Waals surface area contributed by atoms with Crippen molar-refractivity contribution in [3.8, 4) is 0 Å². The molecule has 4 rings (SSSR count). The van der Waals surface area contributed by atoms with E-state index in [0.717, 1.165) is 5.56 Å². The summed E-state index contributed by atoms with van der Waals surface area (Å²) in [5.74, 6) is -0.713. The quantitative estimate of drug-likeness (QED) is 0.656. The summed E-state index contributed by atoms with van der Waals surface area (Å²) < 4.78 is 48.3. The van der Waals surface area contributed by atoms with Crippen molar-refractivity contribution in [1.82, 2.24) is 5.32 Å². The molecule has 10 heteroatoms. The van der Waals surface area contributed by atoms with E-state index in [-0.39, 0.29) is 16.3 Å². The van der Waals surface area contributed by atoms with Crippen LogP contribution in [0.25, 0.3) is 0 Å². The number of sulfonamides is 1. The van der Waals surface area contributed by atoms with Gasteiger partial charge in [-0.25, -0.2) is 17.9 Å². The van der Waals surface area contributed by atoms with Gasteiger partial charge >= 0.3 is 0 Å². The Morgan fingerprint density at radius 1 is 1.03 bits per heavy atom. The average Bonchev–Trinajstić information content (AvgIpc) is 2.83. The Hall–Kier alpha value is -2.53. The normalized spacial score (nSPS) is 18.7. The SMILES string of the molecule is NS(=O)(=O)c1ccc(N2CCOCC2)c(C(=O)NCC2(c3ccc(F)cc3)CCOCC2)c1. The number of primary sulfonamides is 1. The minimum absolute atomic E-state index is 0.121. The Morgan fingerprint density at radius 2 is 1.67 bits per heavy atom. The van der Waals surface area contributed by atoms with Crippen LogP contribution < -0.4 is 15.4 Å². The Morgan fingerprint density at radius 3 is 2.30 bits per heavy atom. The monoisotopic (exact) mass is 477 g/mol. The second kappa shape index (κ2) is 9.76. The molecule has 0 spiro atoms. The van der Waals surface area contributed by atoms with Gasteiger partial charge in [0.05, 0.1) is 23.7 Å². The van der Waals surface area contributed by atoms with Crippen molar-refractivity contribution in [3.63, 3.8) is 0 Å². The second-order valence-corrected chi connectivity index (χ2v) is 9.97. The molecule has 33 heavy (non-hydrogen) atoms. The third-order valence-electron chi connectivity index (χ3n) is 6.39. The molecule has 0 bridgehead atoms. The fraction of sp³-hybridized carbons (Fsp3) is 0.435. The molecule has 0 radical (unpaired) electrons. The van der Waals surface area contributed by atoms with Gasteiger partial charge in [-0.2, -0.15) is 0 Å². The standard InChI is InChI=1S/C23H28FN3O5S/c24-18-3-1-17(2-4-18)23(7-11-31-12-8-23)16-26-22(28)20-15-19(33(25,29)30)5-6-21(20)27-9-13-32-14-10-27/h1-6,15H,7-14,16H2,(H,26,28)(H2,25,29,30). The van der Waals surface area contributed by atoms with Gasteiger partial charge in [0.2, 0.25) is 10.0 Å². The number of hydrogen-bond acceptors (Lipinski definition) is 6. The molecule has 2 fully saturated rings. The number of benzene rings is 2. The topological polar surface area (TPSA) is 111 Å². The molecule has 0 aromatic heterocycles. The van der Waals surface area contributed by atoms with E-state index in [0.29, 0.717) is 64.6 Å². The first kappa shape index (κ1) is 23.6. The summed E-state index contributed by atoms with van der Waals surface area (Å²) in [5, 5.41) is 8.32. The highest BCUT2D eigenvalue weighted by Gasteiger charge is 2.35. The van der Waals surface area contributed by atoms with Crippen molar-refractivity contribution in [2.45, 2.75) is 23.2 Å². The van der Waals surface area contributed by atoms with Crippen LogP contribution in [0.4, 0.5) is 10.1 Å². The summed E-state index contributed by atoms with van der Waals surface area (Å²) in [7, 11) is -3.98. The Kier molecular flexibility index (Phi) is 6.99. The van der Waals surface area contributed by atoms with E-state index in [9.17, 15) is 17.6 Å². The Labute approximate surface area is 192 Å². The molecule has 2 aliphatic rings. The highest BCUT2D eigenvalue weighted by atomic mass is 32.2. The van der Waals surface area contributed by atoms with Gasteiger partial charge in [0, 0.05) is 44.0 Å². The molecule has 0 saturated carbocycles. The number of morpholine rings is 1. The molecule has 2 heterocycles. The van der Waals surface area contributed by atoms with E-state index in [1.807, 2.05) is 4.90 Å². The van der Waals surface area contributed by atoms with Crippen LogP contribution in [-0.2, 0) is 24.9 Å². The van der Waals surface area contributed by atoms with Gasteiger partial charge in [-0.15, -0.1) is 0 Å². The number of amides is 1. The van der Waals surface area contributed by atoms with Gasteiger partial charge in [0.25, 0.3) is 5.91 Å². The van der Waals surface area contributed by atoms with Crippen molar-refractivity contribution in [1.29, 1.82) is 0 Å². The van der Waals surface area contributed by atoms with Crippen molar-refractivity contribution < 1.29 is 27.1 Å². The highest BCUT2D eigenvalue weighted by molar-refractivity contribution is 7.89. The van der Waals surface area contributed by atoms with Crippen LogP contribution in [0.5, 0.6) is 0 Å². The summed E-state index contributed by atoms with van der Waals surface area (Å²) in [6, 6.07) is 10.7. The number of halogens is 1. The van der Waals surface area contributed by atoms with Gasteiger partial charge in [0.15, 0.2) is 0 Å². The first-order chi connectivity index (χ1) is 15.8. The van der Waals surface area contributed by atoms with Crippen LogP contribution in [0.2, 0.25) is 0 Å². The fourth-order valence-electron chi connectivity index (χ4n) is 4.43. The molecular formula is C23H28FN3O5S. The Balaban J connectivity index is 1.62. The molecule has 2 aromatic rings. The lowest BCUT2D eigenvalue weighted by Crippen LogP contribution is -2.45. The van der Waals surface area contributed by atoms with Gasteiger partial charge in [0.1, 0.15) is 5.82 Å². The molecule has 2 aromatic carbocycles. The van der Waals surface area contributed by atoms with Gasteiger partial charge in [-0.05, 0) is 48.7 Å². The maximum Gasteiger partial charge on any atom is 0.253 e. The van der Waals surface area contributed by atoms with Crippen molar-refractivity contribution in [2.75, 3.05) is 51.0 Å². The van der Waals surface area contributed by atoms with E-state index < -0.39 is 21.3 Å². The van der Waals surface area contributed by atoms with E-state index in [1.54, 1.807) is 18.2 Å². The molecule has 0 atom stereocenters. The van der Waals surface area contributed by atoms with Crippen LogP contribution >= 0.6 is 0 Å². The zero-order valence-electron chi connectivity index (χ0n) is 18.3. The number of carbonyl (C=O) groups excluding carboxylic acids is 1.